The molecule has 0 saturated heterocycles. The summed E-state index contributed by atoms with van der Waals surface area (Å²) in [6.07, 6.45) is 1.42. The van der Waals surface area contributed by atoms with Gasteiger partial charge in [-0.25, -0.2) is 9.48 Å². The molecule has 3 aromatic rings. The van der Waals surface area contributed by atoms with Gasteiger partial charge in [0.25, 0.3) is 5.69 Å². The summed E-state index contributed by atoms with van der Waals surface area (Å²) in [6, 6.07) is 14.2. The van der Waals surface area contributed by atoms with Crippen LogP contribution in [0.25, 0.3) is 5.69 Å². The molecule has 9 nitrogen and oxygen atoms in total. The second-order valence-corrected chi connectivity index (χ2v) is 5.86. The lowest BCUT2D eigenvalue weighted by molar-refractivity contribution is -0.384. The Labute approximate surface area is 165 Å². The van der Waals surface area contributed by atoms with Gasteiger partial charge in [-0.2, -0.15) is 5.10 Å². The van der Waals surface area contributed by atoms with E-state index in [0.717, 1.165) is 0 Å². The van der Waals surface area contributed by atoms with Gasteiger partial charge in [-0.3, -0.25) is 14.9 Å². The number of nitrogens with zero attached hydrogens (tertiary/aromatic N) is 3. The monoisotopic (exact) mass is 395 g/mol. The van der Waals surface area contributed by atoms with E-state index >= 15 is 0 Å². The van der Waals surface area contributed by atoms with Crippen LogP contribution in [0.5, 0.6) is 5.75 Å². The van der Waals surface area contributed by atoms with Gasteiger partial charge in [0, 0.05) is 17.7 Å². The largest absolute Gasteiger partial charge is 0.481 e. The molecule has 0 aliphatic heterocycles. The molecule has 3 rings (SSSR count). The van der Waals surface area contributed by atoms with Crippen molar-refractivity contribution in [2.75, 3.05) is 13.2 Å². The van der Waals surface area contributed by atoms with Crippen molar-refractivity contribution in [1.29, 1.82) is 0 Å². The third kappa shape index (κ3) is 4.64. The fraction of sp³-hybridized carbons (Fsp3) is 0.150. The number of non-ortho nitro benzene ring substituents is 1. The quantitative estimate of drug-likeness (QED) is 0.249. The molecule has 0 bridgehead atoms. The molecular weight excluding hydrogens is 378 g/mol. The minimum atomic E-state index is -0.699. The van der Waals surface area contributed by atoms with E-state index in [2.05, 4.69) is 5.10 Å². The van der Waals surface area contributed by atoms with Gasteiger partial charge >= 0.3 is 5.97 Å². The van der Waals surface area contributed by atoms with Gasteiger partial charge in [0.15, 0.2) is 18.1 Å². The van der Waals surface area contributed by atoms with E-state index in [1.165, 1.54) is 35.1 Å². The molecule has 0 aliphatic carbocycles. The lowest BCUT2D eigenvalue weighted by Crippen LogP contribution is -2.13. The smallest absolute Gasteiger partial charge is 0.362 e. The van der Waals surface area contributed by atoms with Crippen molar-refractivity contribution in [2.24, 2.45) is 0 Å². The molecule has 0 saturated carbocycles. The van der Waals surface area contributed by atoms with Crippen LogP contribution in [-0.2, 0) is 4.74 Å². The highest BCUT2D eigenvalue weighted by Gasteiger charge is 2.21. The Morgan fingerprint density at radius 2 is 1.79 bits per heavy atom. The van der Waals surface area contributed by atoms with Crippen LogP contribution in [0.15, 0.2) is 60.8 Å². The molecule has 0 atom stereocenters. The fourth-order valence-electron chi connectivity index (χ4n) is 2.51. The van der Waals surface area contributed by atoms with E-state index in [-0.39, 0.29) is 36.1 Å². The number of nitro groups is 1. The van der Waals surface area contributed by atoms with Gasteiger partial charge in [0.05, 0.1) is 23.4 Å². The molecule has 0 amide bonds. The predicted molar refractivity (Wildman–Crippen MR) is 102 cm³/mol. The summed E-state index contributed by atoms with van der Waals surface area (Å²) < 4.78 is 11.9. The van der Waals surface area contributed by atoms with Crippen LogP contribution >= 0.6 is 0 Å². The van der Waals surface area contributed by atoms with Crippen LogP contribution in [0.1, 0.15) is 27.8 Å². The number of hydrogen-bond donors (Lipinski definition) is 0. The van der Waals surface area contributed by atoms with Gasteiger partial charge in [-0.15, -0.1) is 0 Å². The minimum Gasteiger partial charge on any atom is -0.481 e. The van der Waals surface area contributed by atoms with E-state index in [9.17, 15) is 19.7 Å². The van der Waals surface area contributed by atoms with Gasteiger partial charge in [-0.05, 0) is 19.1 Å². The highest BCUT2D eigenvalue weighted by atomic mass is 16.6. The van der Waals surface area contributed by atoms with Crippen LogP contribution in [0.3, 0.4) is 0 Å². The number of ether oxygens (including phenoxy) is 2. The first kappa shape index (κ1) is 19.7. The first-order valence-corrected chi connectivity index (χ1v) is 8.72. The van der Waals surface area contributed by atoms with Crippen molar-refractivity contribution in [1.82, 2.24) is 9.78 Å². The highest BCUT2D eigenvalue weighted by molar-refractivity contribution is 5.97. The summed E-state index contributed by atoms with van der Waals surface area (Å²) in [5, 5.41) is 15.0. The van der Waals surface area contributed by atoms with E-state index < -0.39 is 10.9 Å². The van der Waals surface area contributed by atoms with Crippen molar-refractivity contribution in [3.8, 4) is 11.4 Å². The Bertz CT molecular complexity index is 1030. The summed E-state index contributed by atoms with van der Waals surface area (Å²) in [4.78, 5) is 34.8. The average molecular weight is 395 g/mol. The van der Waals surface area contributed by atoms with Gasteiger partial charge in [-0.1, -0.05) is 30.3 Å². The number of nitro benzene ring substituents is 1. The van der Waals surface area contributed by atoms with E-state index in [0.29, 0.717) is 11.3 Å². The lowest BCUT2D eigenvalue weighted by Gasteiger charge is -2.05. The Kier molecular flexibility index (Phi) is 5.98. The SMILES string of the molecule is CCOC(=O)c1nn(-c2ccc([N+](=O)[O-])cc2)cc1OCC(=O)c1ccccc1. The van der Waals surface area contributed by atoms with Crippen LogP contribution in [0, 0.1) is 10.1 Å². The minimum absolute atomic E-state index is 0.0727. The molecule has 1 heterocycles. The van der Waals surface area contributed by atoms with Gasteiger partial charge in [0.2, 0.25) is 5.69 Å². The maximum absolute atomic E-state index is 12.3. The number of Topliss-reactive ketones (excluding diaryl/α,β-unsaturated/α-hetero) is 1. The summed E-state index contributed by atoms with van der Waals surface area (Å²) in [5.41, 5.74) is 0.792. The van der Waals surface area contributed by atoms with Crippen molar-refractivity contribution >= 4 is 17.4 Å². The Morgan fingerprint density at radius 3 is 2.41 bits per heavy atom. The van der Waals surface area contributed by atoms with Crippen molar-refractivity contribution in [2.45, 2.75) is 6.92 Å². The number of benzene rings is 2. The standard InChI is InChI=1S/C20H17N3O6/c1-2-28-20(25)19-18(29-13-17(24)14-6-4-3-5-7-14)12-22(21-19)15-8-10-16(11-9-15)23(26)27/h3-12H,2,13H2,1H3. The topological polar surface area (TPSA) is 114 Å². The molecule has 0 N–H and O–H groups in total. The van der Waals surface area contributed by atoms with Crippen LogP contribution < -0.4 is 4.74 Å². The number of aromatic nitrogens is 2. The summed E-state index contributed by atoms with van der Waals surface area (Å²) >= 11 is 0. The lowest BCUT2D eigenvalue weighted by atomic mass is 10.1. The third-order valence-electron chi connectivity index (χ3n) is 3.93. The molecule has 0 radical (unpaired) electrons. The van der Waals surface area contributed by atoms with Gasteiger partial charge < -0.3 is 9.47 Å². The molecule has 29 heavy (non-hydrogen) atoms. The molecule has 0 spiro atoms. The number of hydrogen-bond acceptors (Lipinski definition) is 7. The van der Waals surface area contributed by atoms with Crippen molar-refractivity contribution in [3.63, 3.8) is 0 Å². The number of ketones is 1. The van der Waals surface area contributed by atoms with E-state index in [4.69, 9.17) is 9.47 Å². The van der Waals surface area contributed by atoms with E-state index in [1.807, 2.05) is 0 Å². The second kappa shape index (κ2) is 8.79. The molecule has 0 aliphatic rings. The molecule has 148 valence electrons. The van der Waals surface area contributed by atoms with Crippen LogP contribution in [0.4, 0.5) is 5.69 Å². The number of rotatable bonds is 8. The summed E-state index contributed by atoms with van der Waals surface area (Å²) in [7, 11) is 0. The molecule has 1 aromatic heterocycles. The molecule has 9 heteroatoms. The predicted octanol–water partition coefficient (Wildman–Crippen LogP) is 3.22. The highest BCUT2D eigenvalue weighted by Crippen LogP contribution is 2.22. The number of esters is 1. The summed E-state index contributed by atoms with van der Waals surface area (Å²) in [5.74, 6) is -0.884. The Morgan fingerprint density at radius 1 is 1.10 bits per heavy atom. The maximum Gasteiger partial charge on any atom is 0.362 e. The second-order valence-electron chi connectivity index (χ2n) is 5.86. The first-order chi connectivity index (χ1) is 14.0. The average Bonchev–Trinajstić information content (AvgIpc) is 3.17. The van der Waals surface area contributed by atoms with Crippen LogP contribution in [0.2, 0.25) is 0 Å². The zero-order chi connectivity index (χ0) is 20.8. The molecule has 2 aromatic carbocycles. The van der Waals surface area contributed by atoms with Crippen molar-refractivity contribution in [3.05, 3.63) is 82.2 Å². The molecule has 0 unspecified atom stereocenters. The zero-order valence-corrected chi connectivity index (χ0v) is 15.5. The first-order valence-electron chi connectivity index (χ1n) is 8.72. The summed E-state index contributed by atoms with van der Waals surface area (Å²) in [6.45, 7) is 1.51. The molecular formula is C20H17N3O6. The molecule has 0 fully saturated rings. The Balaban J connectivity index is 1.85. The zero-order valence-electron chi connectivity index (χ0n) is 15.5. The third-order valence-corrected chi connectivity index (χ3v) is 3.93. The number of carbonyl (C=O) groups excluding carboxylic acids is 2. The fourth-order valence-corrected chi connectivity index (χ4v) is 2.51. The maximum atomic E-state index is 12.3. The van der Waals surface area contributed by atoms with Crippen LogP contribution in [-0.4, -0.2) is 39.7 Å². The Hall–Kier alpha value is -4.01. The van der Waals surface area contributed by atoms with Crippen molar-refractivity contribution < 1.29 is 24.0 Å². The normalized spacial score (nSPS) is 10.4. The van der Waals surface area contributed by atoms with E-state index in [1.54, 1.807) is 37.3 Å². The number of carbonyl (C=O) groups is 2. The van der Waals surface area contributed by atoms with Gasteiger partial charge in [0.1, 0.15) is 0 Å².